The number of ether oxygens (including phenoxy) is 3. The van der Waals surface area contributed by atoms with Crippen LogP contribution in [0.5, 0.6) is 0 Å². The van der Waals surface area contributed by atoms with Crippen molar-refractivity contribution in [3.63, 3.8) is 0 Å². The summed E-state index contributed by atoms with van der Waals surface area (Å²) in [5.74, 6) is -0.0909. The quantitative estimate of drug-likeness (QED) is 0.0829. The van der Waals surface area contributed by atoms with Gasteiger partial charge in [-0.2, -0.15) is 0 Å². The molecule has 1 aliphatic rings. The molecule has 2 aromatic rings. The number of nitrogens with zero attached hydrogens (tertiary/aromatic N) is 2. The molecule has 12 heteroatoms. The molecule has 1 aromatic carbocycles. The Kier molecular flexibility index (Phi) is 18.7. The topological polar surface area (TPSA) is 145 Å². The molecule has 1 fully saturated rings. The van der Waals surface area contributed by atoms with E-state index >= 15 is 0 Å². The number of aryl methyl sites for hydroxylation is 1. The van der Waals surface area contributed by atoms with Crippen LogP contribution in [0.15, 0.2) is 42.6 Å². The Labute approximate surface area is 315 Å². The molecule has 0 unspecified atom stereocenters. The molecule has 0 saturated heterocycles. The maximum Gasteiger partial charge on any atom is 0.308 e. The van der Waals surface area contributed by atoms with E-state index in [-0.39, 0.29) is 60.9 Å². The molecule has 1 saturated carbocycles. The fourth-order valence-corrected chi connectivity index (χ4v) is 6.49. The van der Waals surface area contributed by atoms with E-state index < -0.39 is 5.60 Å². The van der Waals surface area contributed by atoms with Gasteiger partial charge in [0.2, 0.25) is 17.7 Å². The first-order chi connectivity index (χ1) is 25.4. The molecule has 1 aromatic heterocycles. The van der Waals surface area contributed by atoms with Gasteiger partial charge in [-0.25, -0.2) is 0 Å². The molecular formula is C41H62N4O8. The van der Waals surface area contributed by atoms with Crippen LogP contribution in [0, 0.1) is 18.8 Å². The van der Waals surface area contributed by atoms with Crippen molar-refractivity contribution in [1.82, 2.24) is 15.2 Å². The van der Waals surface area contributed by atoms with E-state index in [2.05, 4.69) is 10.6 Å². The fourth-order valence-electron chi connectivity index (χ4n) is 6.49. The monoisotopic (exact) mass is 738 g/mol. The number of rotatable bonds is 23. The number of carbonyl (C=O) groups excluding carboxylic acids is 5. The van der Waals surface area contributed by atoms with Gasteiger partial charge in [0.15, 0.2) is 5.78 Å². The molecule has 294 valence electrons. The lowest BCUT2D eigenvalue weighted by atomic mass is 9.79. The van der Waals surface area contributed by atoms with Crippen LogP contribution in [0.25, 0.3) is 0 Å². The highest BCUT2D eigenvalue weighted by atomic mass is 16.6. The van der Waals surface area contributed by atoms with Crippen LogP contribution in [0.2, 0.25) is 0 Å². The third kappa shape index (κ3) is 16.7. The summed E-state index contributed by atoms with van der Waals surface area (Å²) in [7, 11) is 0. The second-order valence-electron chi connectivity index (χ2n) is 14.9. The first-order valence-corrected chi connectivity index (χ1v) is 19.3. The molecule has 0 aliphatic heterocycles. The van der Waals surface area contributed by atoms with Gasteiger partial charge in [0, 0.05) is 50.3 Å². The van der Waals surface area contributed by atoms with Crippen LogP contribution in [0.3, 0.4) is 0 Å². The van der Waals surface area contributed by atoms with E-state index in [0.29, 0.717) is 58.0 Å². The van der Waals surface area contributed by atoms with Crippen LogP contribution in [-0.4, -0.2) is 85.7 Å². The van der Waals surface area contributed by atoms with Crippen LogP contribution in [-0.2, 0) is 39.9 Å². The Balaban J connectivity index is 1.20. The van der Waals surface area contributed by atoms with Crippen molar-refractivity contribution in [2.45, 2.75) is 111 Å². The summed E-state index contributed by atoms with van der Waals surface area (Å²) in [4.78, 5) is 64.8. The van der Waals surface area contributed by atoms with Crippen molar-refractivity contribution in [2.24, 2.45) is 11.8 Å². The van der Waals surface area contributed by atoms with Gasteiger partial charge in [-0.3, -0.25) is 24.0 Å². The average molecular weight is 739 g/mol. The van der Waals surface area contributed by atoms with Gasteiger partial charge in [0.1, 0.15) is 12.1 Å². The van der Waals surface area contributed by atoms with Crippen LogP contribution >= 0.6 is 0 Å². The van der Waals surface area contributed by atoms with E-state index in [9.17, 15) is 24.0 Å². The number of ketones is 1. The number of unbranched alkanes of at least 4 members (excludes halogenated alkanes) is 2. The van der Waals surface area contributed by atoms with Gasteiger partial charge < -0.3 is 34.3 Å². The maximum absolute atomic E-state index is 13.3. The molecule has 53 heavy (non-hydrogen) atoms. The lowest BCUT2D eigenvalue weighted by molar-refractivity contribution is -0.156. The largest absolute Gasteiger partial charge is 0.460 e. The molecule has 0 spiro atoms. The third-order valence-electron chi connectivity index (χ3n) is 9.23. The highest BCUT2D eigenvalue weighted by Crippen LogP contribution is 2.32. The predicted molar refractivity (Wildman–Crippen MR) is 205 cm³/mol. The molecule has 0 atom stereocenters. The Hall–Kier alpha value is -4.03. The van der Waals surface area contributed by atoms with E-state index in [1.807, 2.05) is 65.0 Å². The van der Waals surface area contributed by atoms with Crippen molar-refractivity contribution in [3.05, 3.63) is 53.9 Å². The SMILES string of the molecule is CCN(C(=O)Cn1cccc1C(=O)CC1CCC(C(=O)NCCCCCC(=O)NCCOCCOCCC(=O)OC(C)(C)C)CC1)c1cccc(C)c1. The number of esters is 1. The van der Waals surface area contributed by atoms with Crippen molar-refractivity contribution < 1.29 is 38.2 Å². The van der Waals surface area contributed by atoms with Crippen molar-refractivity contribution in [2.75, 3.05) is 51.0 Å². The predicted octanol–water partition coefficient (Wildman–Crippen LogP) is 5.79. The number of carbonyl (C=O) groups is 5. The summed E-state index contributed by atoms with van der Waals surface area (Å²) < 4.78 is 17.8. The van der Waals surface area contributed by atoms with Gasteiger partial charge in [0.25, 0.3) is 0 Å². The fraction of sp³-hybridized carbons (Fsp3) is 0.634. The second kappa shape index (κ2) is 22.9. The Morgan fingerprint density at radius 2 is 1.58 bits per heavy atom. The number of aromatic nitrogens is 1. The van der Waals surface area contributed by atoms with E-state index in [1.54, 1.807) is 21.7 Å². The molecule has 2 N–H and O–H groups in total. The first kappa shape index (κ1) is 43.4. The van der Waals surface area contributed by atoms with E-state index in [4.69, 9.17) is 14.2 Å². The number of hydrogen-bond acceptors (Lipinski definition) is 8. The molecule has 3 rings (SSSR count). The number of likely N-dealkylation sites (N-methyl/N-ethyl adjacent to an activating group) is 1. The molecule has 3 amide bonds. The van der Waals surface area contributed by atoms with Crippen LogP contribution in [0.4, 0.5) is 5.69 Å². The van der Waals surface area contributed by atoms with Crippen molar-refractivity contribution >= 4 is 35.2 Å². The molecule has 1 heterocycles. The van der Waals surface area contributed by atoms with Gasteiger partial charge in [-0.1, -0.05) is 18.6 Å². The zero-order chi connectivity index (χ0) is 38.6. The normalized spacial score (nSPS) is 15.8. The summed E-state index contributed by atoms with van der Waals surface area (Å²) in [6.07, 6.45) is 8.39. The molecular weight excluding hydrogens is 676 g/mol. The Morgan fingerprint density at radius 3 is 2.28 bits per heavy atom. The number of hydrogen-bond donors (Lipinski definition) is 2. The molecule has 12 nitrogen and oxygen atoms in total. The van der Waals surface area contributed by atoms with Gasteiger partial charge in [-0.05, 0) is 109 Å². The van der Waals surface area contributed by atoms with Crippen molar-refractivity contribution in [1.29, 1.82) is 0 Å². The standard InChI is InChI=1S/C41H62N4O8/c1-6-45(34-13-10-12-31(2)28-34)38(48)30-44-23-11-14-35(44)36(46)29-32-16-18-33(19-17-32)40(50)43-21-9-7-8-15-37(47)42-22-25-52-27-26-51-24-20-39(49)53-41(3,4)5/h10-14,23,28,32-33H,6-9,15-22,24-27,29-30H2,1-5H3,(H,42,47)(H,43,50). The van der Waals surface area contributed by atoms with Gasteiger partial charge in [0.05, 0.1) is 38.5 Å². The van der Waals surface area contributed by atoms with Crippen molar-refractivity contribution in [3.8, 4) is 0 Å². The lowest BCUT2D eigenvalue weighted by Crippen LogP contribution is -2.34. The molecule has 1 aliphatic carbocycles. The Morgan fingerprint density at radius 1 is 0.849 bits per heavy atom. The number of anilines is 1. The summed E-state index contributed by atoms with van der Waals surface area (Å²) in [5, 5.41) is 5.90. The molecule has 0 bridgehead atoms. The van der Waals surface area contributed by atoms with Crippen LogP contribution in [0.1, 0.15) is 108 Å². The summed E-state index contributed by atoms with van der Waals surface area (Å²) in [6.45, 7) is 12.5. The zero-order valence-corrected chi connectivity index (χ0v) is 32.6. The van der Waals surface area contributed by atoms with Crippen LogP contribution < -0.4 is 15.5 Å². The minimum Gasteiger partial charge on any atom is -0.460 e. The Bertz CT molecular complexity index is 1460. The average Bonchev–Trinajstić information content (AvgIpc) is 3.57. The van der Waals surface area contributed by atoms with E-state index in [1.165, 1.54) is 0 Å². The second-order valence-corrected chi connectivity index (χ2v) is 14.9. The minimum absolute atomic E-state index is 0.0237. The van der Waals surface area contributed by atoms with Gasteiger partial charge in [-0.15, -0.1) is 0 Å². The maximum atomic E-state index is 13.3. The first-order valence-electron chi connectivity index (χ1n) is 19.3. The summed E-state index contributed by atoms with van der Waals surface area (Å²) in [5.41, 5.74) is 1.99. The number of benzene rings is 1. The summed E-state index contributed by atoms with van der Waals surface area (Å²) in [6, 6.07) is 11.5. The number of amides is 3. The zero-order valence-electron chi connectivity index (χ0n) is 32.6. The highest BCUT2D eigenvalue weighted by molar-refractivity contribution is 5.97. The van der Waals surface area contributed by atoms with E-state index in [0.717, 1.165) is 56.2 Å². The third-order valence-corrected chi connectivity index (χ3v) is 9.23. The highest BCUT2D eigenvalue weighted by Gasteiger charge is 2.28. The lowest BCUT2D eigenvalue weighted by Gasteiger charge is -2.27. The minimum atomic E-state index is -0.501. The van der Waals surface area contributed by atoms with Gasteiger partial charge >= 0.3 is 5.97 Å². The number of nitrogens with one attached hydrogen (secondary N) is 2. The molecule has 0 radical (unpaired) electrons. The smallest absolute Gasteiger partial charge is 0.308 e. The summed E-state index contributed by atoms with van der Waals surface area (Å²) >= 11 is 0. The number of Topliss-reactive ketones (excluding diaryl/α,β-unsaturated/α-hetero) is 1.